The van der Waals surface area contributed by atoms with Crippen molar-refractivity contribution in [3.05, 3.63) is 0 Å². The Labute approximate surface area is 79.2 Å². The lowest BCUT2D eigenvalue weighted by molar-refractivity contribution is -0.141. The Morgan fingerprint density at radius 1 is 1.69 bits per heavy atom. The average Bonchev–Trinajstić information content (AvgIpc) is 2.30. The van der Waals surface area contributed by atoms with Crippen molar-refractivity contribution < 1.29 is 9.53 Å². The van der Waals surface area contributed by atoms with Gasteiger partial charge in [0.2, 0.25) is 0 Å². The molecule has 0 aromatic carbocycles. The zero-order valence-electron chi connectivity index (χ0n) is 8.32. The molecule has 1 radical (unpaired) electrons. The molecule has 0 saturated carbocycles. The van der Waals surface area contributed by atoms with Crippen molar-refractivity contribution in [2.24, 2.45) is 0 Å². The van der Waals surface area contributed by atoms with Gasteiger partial charge in [-0.25, -0.2) is 5.32 Å². The van der Waals surface area contributed by atoms with Crippen molar-refractivity contribution >= 4 is 5.97 Å². The average molecular weight is 185 g/mol. The second-order valence-electron chi connectivity index (χ2n) is 3.46. The minimum absolute atomic E-state index is 0.125. The van der Waals surface area contributed by atoms with Gasteiger partial charge in [0, 0.05) is 19.1 Å². The fourth-order valence-corrected chi connectivity index (χ4v) is 1.53. The third-order valence-corrected chi connectivity index (χ3v) is 2.24. The molecule has 75 valence electrons. The number of likely N-dealkylation sites (N-methyl/N-ethyl adjacent to an activating group) is 1. The van der Waals surface area contributed by atoms with Crippen molar-refractivity contribution in [3.63, 3.8) is 0 Å². The van der Waals surface area contributed by atoms with Crippen molar-refractivity contribution in [1.29, 1.82) is 0 Å². The summed E-state index contributed by atoms with van der Waals surface area (Å²) in [5.41, 5.74) is 0. The molecule has 1 saturated heterocycles. The van der Waals surface area contributed by atoms with Gasteiger partial charge in [-0.3, -0.25) is 4.79 Å². The van der Waals surface area contributed by atoms with Crippen LogP contribution in [0.25, 0.3) is 0 Å². The molecule has 0 bridgehead atoms. The van der Waals surface area contributed by atoms with Crippen LogP contribution in [-0.2, 0) is 9.53 Å². The molecule has 1 fully saturated rings. The van der Waals surface area contributed by atoms with Gasteiger partial charge < -0.3 is 9.64 Å². The molecule has 0 amide bonds. The number of carbonyl (C=O) groups is 1. The molecule has 1 aliphatic rings. The lowest BCUT2D eigenvalue weighted by Gasteiger charge is -2.17. The molecule has 0 aromatic rings. The van der Waals surface area contributed by atoms with Crippen LogP contribution in [0.2, 0.25) is 0 Å². The molecule has 13 heavy (non-hydrogen) atoms. The smallest absolute Gasteiger partial charge is 0.307 e. The first kappa shape index (κ1) is 10.5. The van der Waals surface area contributed by atoms with Crippen molar-refractivity contribution in [3.8, 4) is 0 Å². The Hall–Kier alpha value is -0.610. The van der Waals surface area contributed by atoms with Gasteiger partial charge in [0.25, 0.3) is 0 Å². The number of esters is 1. The zero-order valence-corrected chi connectivity index (χ0v) is 8.32. The first-order valence-corrected chi connectivity index (χ1v) is 4.64. The van der Waals surface area contributed by atoms with Crippen LogP contribution >= 0.6 is 0 Å². The quantitative estimate of drug-likeness (QED) is 0.562. The summed E-state index contributed by atoms with van der Waals surface area (Å²) in [6.07, 6.45) is 1.51. The Morgan fingerprint density at radius 3 is 3.15 bits per heavy atom. The Bertz CT molecular complexity index is 173. The topological polar surface area (TPSA) is 43.6 Å². The monoisotopic (exact) mass is 185 g/mol. The molecule has 1 rings (SSSR count). The molecule has 0 spiro atoms. The maximum atomic E-state index is 11.0. The summed E-state index contributed by atoms with van der Waals surface area (Å²) >= 11 is 0. The highest BCUT2D eigenvalue weighted by atomic mass is 16.5. The SMILES string of the molecule is COC(=O)CC1CN(C)CCC[N]1. The summed E-state index contributed by atoms with van der Waals surface area (Å²) in [6.45, 7) is 2.81. The summed E-state index contributed by atoms with van der Waals surface area (Å²) in [5.74, 6) is -0.163. The van der Waals surface area contributed by atoms with E-state index >= 15 is 0 Å². The number of hydrogen-bond donors (Lipinski definition) is 0. The van der Waals surface area contributed by atoms with Crippen molar-refractivity contribution in [1.82, 2.24) is 10.2 Å². The lowest BCUT2D eigenvalue weighted by atomic mass is 10.2. The van der Waals surface area contributed by atoms with Gasteiger partial charge >= 0.3 is 5.97 Å². The van der Waals surface area contributed by atoms with E-state index in [1.54, 1.807) is 0 Å². The molecule has 4 heteroatoms. The third-order valence-electron chi connectivity index (χ3n) is 2.24. The van der Waals surface area contributed by atoms with E-state index in [-0.39, 0.29) is 12.0 Å². The fourth-order valence-electron chi connectivity index (χ4n) is 1.53. The minimum atomic E-state index is -0.163. The number of ether oxygens (including phenoxy) is 1. The number of carbonyl (C=O) groups excluding carboxylic acids is 1. The van der Waals surface area contributed by atoms with E-state index in [9.17, 15) is 4.79 Å². The van der Waals surface area contributed by atoms with Gasteiger partial charge in [-0.2, -0.15) is 0 Å². The summed E-state index contributed by atoms with van der Waals surface area (Å²) in [5, 5.41) is 4.42. The molecule has 4 nitrogen and oxygen atoms in total. The van der Waals surface area contributed by atoms with Crippen LogP contribution in [-0.4, -0.2) is 50.7 Å². The second-order valence-corrected chi connectivity index (χ2v) is 3.46. The normalized spacial score (nSPS) is 25.2. The van der Waals surface area contributed by atoms with Crippen LogP contribution in [0.4, 0.5) is 0 Å². The Kier molecular flexibility index (Phi) is 4.18. The minimum Gasteiger partial charge on any atom is -0.469 e. The molecule has 1 unspecified atom stereocenters. The molecule has 0 aromatic heterocycles. The first-order valence-electron chi connectivity index (χ1n) is 4.64. The van der Waals surface area contributed by atoms with Gasteiger partial charge in [-0.1, -0.05) is 0 Å². The summed E-state index contributed by atoms with van der Waals surface area (Å²) in [6, 6.07) is 0.125. The fraction of sp³-hybridized carbons (Fsp3) is 0.889. The summed E-state index contributed by atoms with van der Waals surface area (Å²) in [4.78, 5) is 13.2. The number of nitrogens with zero attached hydrogens (tertiary/aromatic N) is 2. The van der Waals surface area contributed by atoms with E-state index in [0.717, 1.165) is 26.1 Å². The van der Waals surface area contributed by atoms with E-state index in [1.165, 1.54) is 7.11 Å². The van der Waals surface area contributed by atoms with E-state index in [0.29, 0.717) is 6.42 Å². The standard InChI is InChI=1S/C9H17N2O2/c1-11-5-3-4-10-8(7-11)6-9(12)13-2/h8H,3-7H2,1-2H3. The highest BCUT2D eigenvalue weighted by Crippen LogP contribution is 2.03. The predicted octanol–water partition coefficient (Wildman–Crippen LogP) is -0.142. The van der Waals surface area contributed by atoms with Crippen LogP contribution in [0.15, 0.2) is 0 Å². The largest absolute Gasteiger partial charge is 0.469 e. The Morgan fingerprint density at radius 2 is 2.46 bits per heavy atom. The number of hydrogen-bond acceptors (Lipinski definition) is 3. The number of methoxy groups -OCH3 is 1. The van der Waals surface area contributed by atoms with Crippen LogP contribution in [0.1, 0.15) is 12.8 Å². The van der Waals surface area contributed by atoms with Gasteiger partial charge in [0.15, 0.2) is 0 Å². The van der Waals surface area contributed by atoms with Gasteiger partial charge in [-0.05, 0) is 20.0 Å². The molecule has 0 aliphatic carbocycles. The van der Waals surface area contributed by atoms with Crippen LogP contribution < -0.4 is 5.32 Å². The van der Waals surface area contributed by atoms with E-state index in [1.807, 2.05) is 0 Å². The molecule has 1 aliphatic heterocycles. The van der Waals surface area contributed by atoms with E-state index in [2.05, 4.69) is 22.0 Å². The lowest BCUT2D eigenvalue weighted by Crippen LogP contribution is -2.34. The predicted molar refractivity (Wildman–Crippen MR) is 49.5 cm³/mol. The van der Waals surface area contributed by atoms with Gasteiger partial charge in [0.05, 0.1) is 13.5 Å². The molecule has 1 atom stereocenters. The molecular weight excluding hydrogens is 168 g/mol. The zero-order chi connectivity index (χ0) is 9.68. The maximum absolute atomic E-state index is 11.0. The van der Waals surface area contributed by atoms with Crippen LogP contribution in [0.5, 0.6) is 0 Å². The Balaban J connectivity index is 2.34. The number of rotatable bonds is 2. The molecule has 0 N–H and O–H groups in total. The molecular formula is C9H17N2O2. The van der Waals surface area contributed by atoms with E-state index < -0.39 is 0 Å². The summed E-state index contributed by atoms with van der Waals surface area (Å²) < 4.78 is 4.61. The van der Waals surface area contributed by atoms with E-state index in [4.69, 9.17) is 0 Å². The third kappa shape index (κ3) is 3.74. The van der Waals surface area contributed by atoms with Crippen molar-refractivity contribution in [2.45, 2.75) is 18.9 Å². The highest BCUT2D eigenvalue weighted by molar-refractivity contribution is 5.69. The maximum Gasteiger partial charge on any atom is 0.307 e. The summed E-state index contributed by atoms with van der Waals surface area (Å²) in [7, 11) is 3.48. The van der Waals surface area contributed by atoms with Gasteiger partial charge in [-0.15, -0.1) is 0 Å². The van der Waals surface area contributed by atoms with Crippen LogP contribution in [0, 0.1) is 0 Å². The van der Waals surface area contributed by atoms with Gasteiger partial charge in [0.1, 0.15) is 0 Å². The van der Waals surface area contributed by atoms with Crippen LogP contribution in [0.3, 0.4) is 0 Å². The molecule has 1 heterocycles. The van der Waals surface area contributed by atoms with Crippen molar-refractivity contribution in [2.75, 3.05) is 33.8 Å². The highest BCUT2D eigenvalue weighted by Gasteiger charge is 2.19. The second kappa shape index (κ2) is 5.19. The first-order chi connectivity index (χ1) is 6.22.